The third-order valence-electron chi connectivity index (χ3n) is 3.72. The Balaban J connectivity index is 1.98. The van der Waals surface area contributed by atoms with Gasteiger partial charge in [0.2, 0.25) is 0 Å². The zero-order chi connectivity index (χ0) is 15.0. The number of fused-ring (bicyclic) bond motifs is 1. The van der Waals surface area contributed by atoms with Crippen LogP contribution in [0.15, 0.2) is 18.2 Å². The second-order valence-corrected chi connectivity index (χ2v) is 6.21. The Labute approximate surface area is 126 Å². The number of benzene rings is 1. The van der Waals surface area contributed by atoms with Crippen LogP contribution in [-0.4, -0.2) is 42.2 Å². The minimum atomic E-state index is -0.0794. The fourth-order valence-electron chi connectivity index (χ4n) is 2.46. The molecule has 0 radical (unpaired) electrons. The highest BCUT2D eigenvalue weighted by molar-refractivity contribution is 7.21. The van der Waals surface area contributed by atoms with E-state index in [1.165, 1.54) is 11.3 Å². The number of nitrogens with zero attached hydrogens (tertiary/aromatic N) is 1. The van der Waals surface area contributed by atoms with Gasteiger partial charge in [0.05, 0.1) is 19.4 Å². The van der Waals surface area contributed by atoms with Gasteiger partial charge in [-0.2, -0.15) is 0 Å². The monoisotopic (exact) mass is 306 g/mol. The van der Waals surface area contributed by atoms with Crippen molar-refractivity contribution < 1.29 is 14.6 Å². The predicted molar refractivity (Wildman–Crippen MR) is 83.9 cm³/mol. The highest BCUT2D eigenvalue weighted by atomic mass is 32.1. The van der Waals surface area contributed by atoms with Crippen LogP contribution in [0.5, 0.6) is 5.75 Å². The molecule has 0 atom stereocenters. The number of thiophene rings is 1. The molecule has 0 saturated heterocycles. The number of nitrogen functional groups attached to an aromatic ring is 1. The van der Waals surface area contributed by atoms with Crippen LogP contribution in [-0.2, 0) is 0 Å². The van der Waals surface area contributed by atoms with Gasteiger partial charge in [0.1, 0.15) is 10.6 Å². The van der Waals surface area contributed by atoms with Crippen LogP contribution in [0.2, 0.25) is 0 Å². The standard InChI is InChI=1S/C15H18N2O3S/c1-20-10-4-5-11-12(8-10)21-14(13(11)16)15(19)17(6-7-18)9-2-3-9/h4-5,8-9,18H,2-3,6-7,16H2,1H3. The van der Waals surface area contributed by atoms with Crippen molar-refractivity contribution in [3.63, 3.8) is 0 Å². The molecule has 0 unspecified atom stereocenters. The van der Waals surface area contributed by atoms with Gasteiger partial charge in [-0.25, -0.2) is 0 Å². The highest BCUT2D eigenvalue weighted by Gasteiger charge is 2.34. The zero-order valence-corrected chi connectivity index (χ0v) is 12.7. The summed E-state index contributed by atoms with van der Waals surface area (Å²) in [6.07, 6.45) is 2.01. The summed E-state index contributed by atoms with van der Waals surface area (Å²) < 4.78 is 6.14. The Hall–Kier alpha value is -1.79. The molecule has 0 aliphatic heterocycles. The average Bonchev–Trinajstić information content (AvgIpc) is 3.28. The van der Waals surface area contributed by atoms with Crippen LogP contribution in [0.25, 0.3) is 10.1 Å². The topological polar surface area (TPSA) is 75.8 Å². The molecule has 5 nitrogen and oxygen atoms in total. The molecule has 0 spiro atoms. The van der Waals surface area contributed by atoms with Gasteiger partial charge in [0.15, 0.2) is 0 Å². The number of rotatable bonds is 5. The molecule has 1 fully saturated rings. The molecule has 1 aliphatic carbocycles. The van der Waals surface area contributed by atoms with Crippen molar-refractivity contribution in [2.75, 3.05) is 26.0 Å². The van der Waals surface area contributed by atoms with Crippen molar-refractivity contribution in [1.29, 1.82) is 0 Å². The summed E-state index contributed by atoms with van der Waals surface area (Å²) in [5, 5.41) is 10.0. The second kappa shape index (κ2) is 5.54. The average molecular weight is 306 g/mol. The number of methoxy groups -OCH3 is 1. The van der Waals surface area contributed by atoms with Crippen molar-refractivity contribution in [3.8, 4) is 5.75 Å². The van der Waals surface area contributed by atoms with E-state index in [2.05, 4.69) is 0 Å². The molecule has 1 amide bonds. The minimum Gasteiger partial charge on any atom is -0.497 e. The summed E-state index contributed by atoms with van der Waals surface area (Å²) in [6, 6.07) is 5.86. The first-order valence-electron chi connectivity index (χ1n) is 6.93. The molecule has 0 bridgehead atoms. The first-order chi connectivity index (χ1) is 10.2. The summed E-state index contributed by atoms with van der Waals surface area (Å²) >= 11 is 1.38. The van der Waals surface area contributed by atoms with Crippen molar-refractivity contribution in [1.82, 2.24) is 4.90 Å². The van der Waals surface area contributed by atoms with E-state index >= 15 is 0 Å². The molecule has 2 aromatic rings. The number of carbonyl (C=O) groups is 1. The van der Waals surface area contributed by atoms with Crippen molar-refractivity contribution in [3.05, 3.63) is 23.1 Å². The van der Waals surface area contributed by atoms with E-state index < -0.39 is 0 Å². The molecule has 21 heavy (non-hydrogen) atoms. The SMILES string of the molecule is COc1ccc2c(N)c(C(=O)N(CCO)C3CC3)sc2c1. The third-order valence-corrected chi connectivity index (χ3v) is 4.88. The minimum absolute atomic E-state index is 0.0269. The molecule has 112 valence electrons. The van der Waals surface area contributed by atoms with Gasteiger partial charge in [0.25, 0.3) is 5.91 Å². The van der Waals surface area contributed by atoms with Crippen LogP contribution in [0, 0.1) is 0 Å². The van der Waals surface area contributed by atoms with Gasteiger partial charge < -0.3 is 20.5 Å². The maximum absolute atomic E-state index is 12.7. The number of hydrogen-bond donors (Lipinski definition) is 2. The Morgan fingerprint density at radius 2 is 2.29 bits per heavy atom. The third kappa shape index (κ3) is 2.56. The Morgan fingerprint density at radius 3 is 2.90 bits per heavy atom. The Bertz CT molecular complexity index is 679. The van der Waals surface area contributed by atoms with E-state index in [4.69, 9.17) is 15.6 Å². The molecule has 1 aliphatic rings. The van der Waals surface area contributed by atoms with Crippen molar-refractivity contribution >= 4 is 33.0 Å². The van der Waals surface area contributed by atoms with Crippen LogP contribution in [0.4, 0.5) is 5.69 Å². The molecule has 1 aromatic heterocycles. The molecule has 6 heteroatoms. The van der Waals surface area contributed by atoms with Gasteiger partial charge >= 0.3 is 0 Å². The van der Waals surface area contributed by atoms with Crippen molar-refractivity contribution in [2.45, 2.75) is 18.9 Å². The maximum atomic E-state index is 12.7. The summed E-state index contributed by atoms with van der Waals surface area (Å²) in [5.41, 5.74) is 6.67. The summed E-state index contributed by atoms with van der Waals surface area (Å²) in [7, 11) is 1.61. The normalized spacial score (nSPS) is 14.4. The second-order valence-electron chi connectivity index (χ2n) is 5.16. The fraction of sp³-hybridized carbons (Fsp3) is 0.400. The first-order valence-corrected chi connectivity index (χ1v) is 7.75. The molecule has 1 saturated carbocycles. The lowest BCUT2D eigenvalue weighted by atomic mass is 10.2. The molecular weight excluding hydrogens is 288 g/mol. The molecule has 3 N–H and O–H groups in total. The Kier molecular flexibility index (Phi) is 3.73. The number of amides is 1. The van der Waals surface area contributed by atoms with E-state index in [0.717, 1.165) is 28.7 Å². The van der Waals surface area contributed by atoms with Gasteiger partial charge in [-0.1, -0.05) is 0 Å². The number of carbonyl (C=O) groups excluding carboxylic acids is 1. The van der Waals surface area contributed by atoms with Crippen LogP contribution in [0.3, 0.4) is 0 Å². The molecular formula is C15H18N2O3S. The predicted octanol–water partition coefficient (Wildman–Crippen LogP) is 2.09. The lowest BCUT2D eigenvalue weighted by Gasteiger charge is -2.20. The summed E-state index contributed by atoms with van der Waals surface area (Å²) in [6.45, 7) is 0.335. The van der Waals surface area contributed by atoms with Gasteiger partial charge in [-0.05, 0) is 31.0 Å². The fourth-order valence-corrected chi connectivity index (χ4v) is 3.56. The Morgan fingerprint density at radius 1 is 1.52 bits per heavy atom. The van der Waals surface area contributed by atoms with Gasteiger partial charge in [0, 0.05) is 22.7 Å². The quantitative estimate of drug-likeness (QED) is 0.887. The number of aliphatic hydroxyl groups excluding tert-OH is 1. The van der Waals surface area contributed by atoms with Crippen LogP contribution in [0.1, 0.15) is 22.5 Å². The zero-order valence-electron chi connectivity index (χ0n) is 11.8. The summed E-state index contributed by atoms with van der Waals surface area (Å²) in [4.78, 5) is 15.0. The van der Waals surface area contributed by atoms with Crippen LogP contribution >= 0.6 is 11.3 Å². The van der Waals surface area contributed by atoms with Crippen LogP contribution < -0.4 is 10.5 Å². The lowest BCUT2D eigenvalue weighted by molar-refractivity contribution is 0.0713. The van der Waals surface area contributed by atoms with Gasteiger partial charge in [-0.15, -0.1) is 11.3 Å². The number of anilines is 1. The van der Waals surface area contributed by atoms with E-state index in [-0.39, 0.29) is 18.6 Å². The summed E-state index contributed by atoms with van der Waals surface area (Å²) in [5.74, 6) is 0.668. The number of nitrogens with two attached hydrogens (primary N) is 1. The molecule has 1 heterocycles. The largest absolute Gasteiger partial charge is 0.497 e. The van der Waals surface area contributed by atoms with E-state index in [9.17, 15) is 4.79 Å². The van der Waals surface area contributed by atoms with Crippen molar-refractivity contribution in [2.24, 2.45) is 0 Å². The maximum Gasteiger partial charge on any atom is 0.266 e. The number of ether oxygens (including phenoxy) is 1. The smallest absolute Gasteiger partial charge is 0.266 e. The number of aliphatic hydroxyl groups is 1. The van der Waals surface area contributed by atoms with E-state index in [0.29, 0.717) is 17.1 Å². The van der Waals surface area contributed by atoms with Gasteiger partial charge in [-0.3, -0.25) is 4.79 Å². The highest BCUT2D eigenvalue weighted by Crippen LogP contribution is 2.38. The van der Waals surface area contributed by atoms with E-state index in [1.54, 1.807) is 12.0 Å². The van der Waals surface area contributed by atoms with E-state index in [1.807, 2.05) is 18.2 Å². The number of hydrogen-bond acceptors (Lipinski definition) is 5. The first kappa shape index (κ1) is 14.2. The lowest BCUT2D eigenvalue weighted by Crippen LogP contribution is -2.35. The molecule has 1 aromatic carbocycles. The molecule has 3 rings (SSSR count).